The first-order valence-electron chi connectivity index (χ1n) is 6.96. The van der Waals surface area contributed by atoms with Crippen molar-refractivity contribution in [2.75, 3.05) is 0 Å². The zero-order chi connectivity index (χ0) is 15.0. The molecule has 21 heavy (non-hydrogen) atoms. The zero-order valence-electron chi connectivity index (χ0n) is 11.9. The first-order chi connectivity index (χ1) is 10.1. The molecule has 2 atom stereocenters. The van der Waals surface area contributed by atoms with E-state index in [0.717, 1.165) is 17.8 Å². The highest BCUT2D eigenvalue weighted by atomic mass is 35.5. The predicted octanol–water partition coefficient (Wildman–Crippen LogP) is 5.54. The molecule has 0 aliphatic carbocycles. The van der Waals surface area contributed by atoms with Gasteiger partial charge in [-0.15, -0.1) is 22.9 Å². The Morgan fingerprint density at radius 2 is 2.19 bits per heavy atom. The summed E-state index contributed by atoms with van der Waals surface area (Å²) in [6.45, 7) is 4.04. The second-order valence-corrected chi connectivity index (χ2v) is 6.66. The Kier molecular flexibility index (Phi) is 4.00. The summed E-state index contributed by atoms with van der Waals surface area (Å²) in [5, 5.41) is 1.84. The first-order valence-corrected chi connectivity index (χ1v) is 8.28. The molecule has 1 aromatic carbocycles. The maximum absolute atomic E-state index is 13.5. The average Bonchev–Trinajstić information content (AvgIpc) is 3.08. The third kappa shape index (κ3) is 2.58. The Labute approximate surface area is 132 Å². The van der Waals surface area contributed by atoms with Crippen LogP contribution in [0.5, 0.6) is 0 Å². The number of benzene rings is 1. The molecule has 0 radical (unpaired) electrons. The quantitative estimate of drug-likeness (QED) is 0.577. The summed E-state index contributed by atoms with van der Waals surface area (Å²) in [5.41, 5.74) is 1.59. The van der Waals surface area contributed by atoms with Crippen molar-refractivity contribution >= 4 is 34.0 Å². The highest BCUT2D eigenvalue weighted by molar-refractivity contribution is 7.10. The maximum atomic E-state index is 13.5. The van der Waals surface area contributed by atoms with Crippen LogP contribution in [0.25, 0.3) is 11.0 Å². The molecular weight excluding hydrogens is 307 g/mol. The molecule has 3 rings (SSSR count). The van der Waals surface area contributed by atoms with Crippen LogP contribution in [0, 0.1) is 5.82 Å². The standard InChI is InChI=1S/C16H16ClFN2S/c1-3-13(15-5-4-8-21-15)20-14-7-6-11(18)9-12(14)19-16(20)10(2)17/h4-10,13H,3H2,1-2H3. The number of rotatable bonds is 4. The molecule has 5 heteroatoms. The lowest BCUT2D eigenvalue weighted by molar-refractivity contribution is 0.563. The number of nitrogens with zero attached hydrogens (tertiary/aromatic N) is 2. The molecule has 2 heterocycles. The highest BCUT2D eigenvalue weighted by Gasteiger charge is 2.22. The smallest absolute Gasteiger partial charge is 0.128 e. The van der Waals surface area contributed by atoms with Crippen molar-refractivity contribution in [2.24, 2.45) is 0 Å². The first kappa shape index (κ1) is 14.5. The predicted molar refractivity (Wildman–Crippen MR) is 86.7 cm³/mol. The lowest BCUT2D eigenvalue weighted by Crippen LogP contribution is -2.12. The molecule has 0 fully saturated rings. The molecule has 0 bridgehead atoms. The minimum atomic E-state index is -0.273. The van der Waals surface area contributed by atoms with E-state index in [-0.39, 0.29) is 17.2 Å². The lowest BCUT2D eigenvalue weighted by atomic mass is 10.1. The van der Waals surface area contributed by atoms with Crippen LogP contribution in [0.4, 0.5) is 4.39 Å². The molecule has 0 N–H and O–H groups in total. The van der Waals surface area contributed by atoms with Gasteiger partial charge in [-0.3, -0.25) is 0 Å². The van der Waals surface area contributed by atoms with Gasteiger partial charge in [0.15, 0.2) is 0 Å². The topological polar surface area (TPSA) is 17.8 Å². The fourth-order valence-corrected chi connectivity index (χ4v) is 3.75. The van der Waals surface area contributed by atoms with Gasteiger partial charge >= 0.3 is 0 Å². The van der Waals surface area contributed by atoms with Gasteiger partial charge in [-0.2, -0.15) is 0 Å². The number of alkyl halides is 1. The van der Waals surface area contributed by atoms with E-state index < -0.39 is 0 Å². The number of hydrogen-bond acceptors (Lipinski definition) is 2. The molecule has 2 aromatic heterocycles. The monoisotopic (exact) mass is 322 g/mol. The normalized spacial score (nSPS) is 14.5. The van der Waals surface area contributed by atoms with Gasteiger partial charge in [0.1, 0.15) is 11.6 Å². The van der Waals surface area contributed by atoms with E-state index in [9.17, 15) is 4.39 Å². The summed E-state index contributed by atoms with van der Waals surface area (Å²) >= 11 is 8.03. The number of aromatic nitrogens is 2. The Bertz CT molecular complexity index is 749. The van der Waals surface area contributed by atoms with Gasteiger partial charge in [-0.05, 0) is 36.9 Å². The maximum Gasteiger partial charge on any atom is 0.128 e. The second kappa shape index (κ2) is 5.78. The Balaban J connectivity index is 2.26. The number of fused-ring (bicyclic) bond motifs is 1. The minimum absolute atomic E-state index is 0.177. The minimum Gasteiger partial charge on any atom is -0.318 e. The van der Waals surface area contributed by atoms with Crippen molar-refractivity contribution < 1.29 is 4.39 Å². The summed E-state index contributed by atoms with van der Waals surface area (Å²) in [4.78, 5) is 5.81. The summed E-state index contributed by atoms with van der Waals surface area (Å²) < 4.78 is 15.6. The number of imidazole rings is 1. The number of hydrogen-bond donors (Lipinski definition) is 0. The van der Waals surface area contributed by atoms with Crippen LogP contribution in [-0.4, -0.2) is 9.55 Å². The van der Waals surface area contributed by atoms with Gasteiger partial charge in [0, 0.05) is 10.9 Å². The van der Waals surface area contributed by atoms with Crippen LogP contribution in [0.15, 0.2) is 35.7 Å². The molecule has 2 nitrogen and oxygen atoms in total. The number of halogens is 2. The molecular formula is C16H16ClFN2S. The lowest BCUT2D eigenvalue weighted by Gasteiger charge is -2.20. The summed E-state index contributed by atoms with van der Waals surface area (Å²) in [7, 11) is 0. The Morgan fingerprint density at radius 3 is 2.81 bits per heavy atom. The van der Waals surface area contributed by atoms with Crippen LogP contribution >= 0.6 is 22.9 Å². The van der Waals surface area contributed by atoms with Crippen molar-refractivity contribution in [1.29, 1.82) is 0 Å². The van der Waals surface area contributed by atoms with E-state index >= 15 is 0 Å². The van der Waals surface area contributed by atoms with Gasteiger partial charge in [-0.25, -0.2) is 9.37 Å². The molecule has 3 aromatic rings. The molecule has 2 unspecified atom stereocenters. The zero-order valence-corrected chi connectivity index (χ0v) is 13.5. The van der Waals surface area contributed by atoms with Crippen LogP contribution in [0.3, 0.4) is 0 Å². The van der Waals surface area contributed by atoms with Gasteiger partial charge in [0.25, 0.3) is 0 Å². The van der Waals surface area contributed by atoms with Gasteiger partial charge in [0.05, 0.1) is 22.5 Å². The fourth-order valence-electron chi connectivity index (χ4n) is 2.69. The van der Waals surface area contributed by atoms with Gasteiger partial charge in [-0.1, -0.05) is 13.0 Å². The summed E-state index contributed by atoms with van der Waals surface area (Å²) in [6.07, 6.45) is 0.931. The molecule has 0 aliphatic heterocycles. The third-order valence-corrected chi connectivity index (χ3v) is 4.77. The van der Waals surface area contributed by atoms with E-state index in [1.165, 1.54) is 17.0 Å². The summed E-state index contributed by atoms with van der Waals surface area (Å²) in [5.74, 6) is 0.516. The van der Waals surface area contributed by atoms with E-state index in [4.69, 9.17) is 11.6 Å². The molecule has 110 valence electrons. The van der Waals surface area contributed by atoms with Gasteiger partial charge in [0.2, 0.25) is 0 Å². The molecule has 0 aliphatic rings. The summed E-state index contributed by atoms with van der Waals surface area (Å²) in [6, 6.07) is 9.08. The SMILES string of the molecule is CCC(c1cccs1)n1c(C(C)Cl)nc2cc(F)ccc21. The Hall–Kier alpha value is -1.39. The van der Waals surface area contributed by atoms with Crippen molar-refractivity contribution in [3.05, 3.63) is 52.2 Å². The van der Waals surface area contributed by atoms with E-state index in [2.05, 4.69) is 27.9 Å². The third-order valence-electron chi connectivity index (χ3n) is 3.60. The molecule has 0 saturated heterocycles. The average molecular weight is 323 g/mol. The van der Waals surface area contributed by atoms with Crippen molar-refractivity contribution in [3.8, 4) is 0 Å². The largest absolute Gasteiger partial charge is 0.318 e. The Morgan fingerprint density at radius 1 is 1.38 bits per heavy atom. The van der Waals surface area contributed by atoms with Crippen molar-refractivity contribution in [3.63, 3.8) is 0 Å². The molecule has 0 spiro atoms. The molecule has 0 amide bonds. The van der Waals surface area contributed by atoms with E-state index in [1.54, 1.807) is 17.4 Å². The highest BCUT2D eigenvalue weighted by Crippen LogP contribution is 2.34. The molecule has 0 saturated carbocycles. The van der Waals surface area contributed by atoms with Crippen molar-refractivity contribution in [2.45, 2.75) is 31.7 Å². The van der Waals surface area contributed by atoms with Crippen LogP contribution in [-0.2, 0) is 0 Å². The number of thiophene rings is 1. The fraction of sp³-hybridized carbons (Fsp3) is 0.312. The van der Waals surface area contributed by atoms with Crippen molar-refractivity contribution in [1.82, 2.24) is 9.55 Å². The van der Waals surface area contributed by atoms with Crippen LogP contribution < -0.4 is 0 Å². The second-order valence-electron chi connectivity index (χ2n) is 5.03. The van der Waals surface area contributed by atoms with Crippen LogP contribution in [0.2, 0.25) is 0 Å². The van der Waals surface area contributed by atoms with E-state index in [0.29, 0.717) is 5.52 Å². The van der Waals surface area contributed by atoms with Gasteiger partial charge < -0.3 is 4.57 Å². The van der Waals surface area contributed by atoms with Crippen LogP contribution in [0.1, 0.15) is 42.4 Å². The van der Waals surface area contributed by atoms with E-state index in [1.807, 2.05) is 13.0 Å².